The molecule has 2 aromatic heterocycles. The number of aromatic nitrogens is 3. The second-order valence-electron chi connectivity index (χ2n) is 5.29. The van der Waals surface area contributed by atoms with Gasteiger partial charge in [-0.3, -0.25) is 0 Å². The van der Waals surface area contributed by atoms with Crippen LogP contribution < -0.4 is 10.6 Å². The molecule has 3 rings (SSSR count). The van der Waals surface area contributed by atoms with E-state index in [-0.39, 0.29) is 17.7 Å². The summed E-state index contributed by atoms with van der Waals surface area (Å²) in [6.45, 7) is 3.98. The number of piperazine rings is 1. The van der Waals surface area contributed by atoms with Crippen LogP contribution in [0.4, 0.5) is 16.4 Å². The average Bonchev–Trinajstić information content (AvgIpc) is 2.94. The number of carbonyl (C=O) groups is 2. The smallest absolute Gasteiger partial charge is 0.409 e. The van der Waals surface area contributed by atoms with Gasteiger partial charge in [0, 0.05) is 26.2 Å². The van der Waals surface area contributed by atoms with Crippen LogP contribution in [0, 0.1) is 0 Å². The summed E-state index contributed by atoms with van der Waals surface area (Å²) in [6, 6.07) is 3.36. The molecule has 10 nitrogen and oxygen atoms in total. The van der Waals surface area contributed by atoms with Gasteiger partial charge in [-0.05, 0) is 19.1 Å². The molecule has 1 saturated heterocycles. The molecule has 0 radical (unpaired) electrons. The highest BCUT2D eigenvalue weighted by Gasteiger charge is 2.26. The first-order chi connectivity index (χ1) is 11.5. The maximum Gasteiger partial charge on any atom is 0.409 e. The summed E-state index contributed by atoms with van der Waals surface area (Å²) in [5, 5.41) is 13.5. The van der Waals surface area contributed by atoms with Gasteiger partial charge in [0.15, 0.2) is 11.3 Å². The van der Waals surface area contributed by atoms with Gasteiger partial charge in [0.1, 0.15) is 0 Å². The minimum Gasteiger partial charge on any atom is -0.476 e. The molecule has 3 N–H and O–H groups in total. The van der Waals surface area contributed by atoms with Gasteiger partial charge in [0.25, 0.3) is 0 Å². The number of hydrogen-bond acceptors (Lipinski definition) is 7. The number of ether oxygens (including phenoxy) is 1. The van der Waals surface area contributed by atoms with Gasteiger partial charge in [0.05, 0.1) is 12.3 Å². The van der Waals surface area contributed by atoms with Crippen molar-refractivity contribution in [1.82, 2.24) is 19.5 Å². The minimum absolute atomic E-state index is 0.00119. The number of hydrogen-bond donors (Lipinski definition) is 2. The molecule has 0 aromatic carbocycles. The number of rotatable bonds is 3. The van der Waals surface area contributed by atoms with Crippen LogP contribution in [0.5, 0.6) is 0 Å². The van der Waals surface area contributed by atoms with Crippen molar-refractivity contribution in [2.24, 2.45) is 0 Å². The van der Waals surface area contributed by atoms with Crippen molar-refractivity contribution in [2.75, 3.05) is 43.4 Å². The summed E-state index contributed by atoms with van der Waals surface area (Å²) in [6.07, 6.45) is -0.352. The number of carboxylic acid groups (broad SMARTS) is 1. The van der Waals surface area contributed by atoms with Crippen LogP contribution in [0.3, 0.4) is 0 Å². The maximum atomic E-state index is 11.7. The molecular formula is C14H18N6O4. The minimum atomic E-state index is -1.12. The fraction of sp³-hybridized carbons (Fsp3) is 0.429. The molecule has 3 heterocycles. The zero-order valence-electron chi connectivity index (χ0n) is 13.2. The standard InChI is InChI=1S/C14H18N6O4/c1-2-24-14(23)19-7-5-18(6-8-19)9-3-4-10-16-13(15)17-20(10)11(9)12(21)22/h3-4H,2,5-8H2,1H3,(H2,15,17)(H,21,22). The van der Waals surface area contributed by atoms with Gasteiger partial charge in [0.2, 0.25) is 5.95 Å². The normalized spacial score (nSPS) is 14.9. The Morgan fingerprint density at radius 2 is 2.00 bits per heavy atom. The molecular weight excluding hydrogens is 316 g/mol. The van der Waals surface area contributed by atoms with Gasteiger partial charge in [-0.25, -0.2) is 14.1 Å². The van der Waals surface area contributed by atoms with E-state index in [1.807, 2.05) is 4.90 Å². The Bertz CT molecular complexity index is 781. The molecule has 0 atom stereocenters. The van der Waals surface area contributed by atoms with E-state index in [9.17, 15) is 14.7 Å². The van der Waals surface area contributed by atoms with E-state index in [4.69, 9.17) is 10.5 Å². The Balaban J connectivity index is 1.87. The van der Waals surface area contributed by atoms with Gasteiger partial charge in [-0.2, -0.15) is 4.98 Å². The molecule has 10 heteroatoms. The lowest BCUT2D eigenvalue weighted by Crippen LogP contribution is -2.49. The lowest BCUT2D eigenvalue weighted by molar-refractivity contribution is 0.0687. The van der Waals surface area contributed by atoms with E-state index in [0.29, 0.717) is 44.1 Å². The highest BCUT2D eigenvalue weighted by Crippen LogP contribution is 2.24. The first-order valence-electron chi connectivity index (χ1n) is 7.56. The Labute approximate surface area is 137 Å². The number of carboxylic acids is 1. The van der Waals surface area contributed by atoms with Crippen molar-refractivity contribution in [3.63, 3.8) is 0 Å². The van der Waals surface area contributed by atoms with Crippen LogP contribution in [0.2, 0.25) is 0 Å². The third kappa shape index (κ3) is 2.77. The van der Waals surface area contributed by atoms with Crippen molar-refractivity contribution in [2.45, 2.75) is 6.92 Å². The second kappa shape index (κ2) is 6.22. The summed E-state index contributed by atoms with van der Waals surface area (Å²) in [7, 11) is 0. The van der Waals surface area contributed by atoms with Crippen molar-refractivity contribution in [1.29, 1.82) is 0 Å². The molecule has 0 saturated carbocycles. The van der Waals surface area contributed by atoms with E-state index < -0.39 is 5.97 Å². The van der Waals surface area contributed by atoms with Crippen molar-refractivity contribution >= 4 is 29.3 Å². The molecule has 2 aromatic rings. The molecule has 0 spiro atoms. The largest absolute Gasteiger partial charge is 0.476 e. The number of pyridine rings is 1. The third-order valence-corrected chi connectivity index (χ3v) is 3.84. The first-order valence-corrected chi connectivity index (χ1v) is 7.56. The molecule has 1 amide bonds. The number of nitrogens with zero attached hydrogens (tertiary/aromatic N) is 5. The van der Waals surface area contributed by atoms with Gasteiger partial charge < -0.3 is 25.4 Å². The first kappa shape index (κ1) is 15.8. The summed E-state index contributed by atoms with van der Waals surface area (Å²) in [4.78, 5) is 30.9. The third-order valence-electron chi connectivity index (χ3n) is 3.84. The number of nitrogen functional groups attached to an aromatic ring is 1. The van der Waals surface area contributed by atoms with E-state index in [0.717, 1.165) is 0 Å². The van der Waals surface area contributed by atoms with E-state index in [1.54, 1.807) is 24.0 Å². The van der Waals surface area contributed by atoms with Gasteiger partial charge >= 0.3 is 12.1 Å². The zero-order valence-corrected chi connectivity index (χ0v) is 13.2. The number of amides is 1. The van der Waals surface area contributed by atoms with E-state index in [2.05, 4.69) is 10.1 Å². The van der Waals surface area contributed by atoms with Crippen LogP contribution in [-0.4, -0.2) is 69.5 Å². The Kier molecular flexibility index (Phi) is 4.11. The highest BCUT2D eigenvalue weighted by molar-refractivity contribution is 5.93. The van der Waals surface area contributed by atoms with Gasteiger partial charge in [-0.1, -0.05) is 0 Å². The summed E-state index contributed by atoms with van der Waals surface area (Å²) in [5.41, 5.74) is 6.45. The fourth-order valence-electron chi connectivity index (χ4n) is 2.75. The summed E-state index contributed by atoms with van der Waals surface area (Å²) >= 11 is 0. The van der Waals surface area contributed by atoms with E-state index in [1.165, 1.54) is 4.52 Å². The van der Waals surface area contributed by atoms with Crippen LogP contribution in [0.25, 0.3) is 5.65 Å². The lowest BCUT2D eigenvalue weighted by atomic mass is 10.2. The molecule has 128 valence electrons. The Morgan fingerprint density at radius 3 is 2.62 bits per heavy atom. The number of nitrogens with two attached hydrogens (primary N) is 1. The number of anilines is 2. The predicted molar refractivity (Wildman–Crippen MR) is 85.2 cm³/mol. The van der Waals surface area contributed by atoms with Crippen molar-refractivity contribution in [3.8, 4) is 0 Å². The fourth-order valence-corrected chi connectivity index (χ4v) is 2.75. The van der Waals surface area contributed by atoms with Crippen LogP contribution >= 0.6 is 0 Å². The van der Waals surface area contributed by atoms with Crippen LogP contribution in [0.1, 0.15) is 17.4 Å². The number of aromatic carboxylic acids is 1. The summed E-state index contributed by atoms with van der Waals surface area (Å²) < 4.78 is 6.21. The van der Waals surface area contributed by atoms with Crippen LogP contribution in [0.15, 0.2) is 12.1 Å². The SMILES string of the molecule is CCOC(=O)N1CCN(c2ccc3nc(N)nn3c2C(=O)O)CC1. The molecule has 1 fully saturated rings. The highest BCUT2D eigenvalue weighted by atomic mass is 16.6. The average molecular weight is 334 g/mol. The van der Waals surface area contributed by atoms with E-state index >= 15 is 0 Å². The van der Waals surface area contributed by atoms with Crippen LogP contribution in [-0.2, 0) is 4.74 Å². The van der Waals surface area contributed by atoms with Crippen molar-refractivity contribution < 1.29 is 19.4 Å². The maximum absolute atomic E-state index is 11.7. The Morgan fingerprint density at radius 1 is 1.29 bits per heavy atom. The molecule has 0 aliphatic carbocycles. The number of fused-ring (bicyclic) bond motifs is 1. The predicted octanol–water partition coefficient (Wildman–Crippen LogP) is 0.288. The monoisotopic (exact) mass is 334 g/mol. The molecule has 1 aliphatic rings. The molecule has 0 bridgehead atoms. The Hall–Kier alpha value is -3.04. The van der Waals surface area contributed by atoms with Crippen molar-refractivity contribution in [3.05, 3.63) is 17.8 Å². The second-order valence-corrected chi connectivity index (χ2v) is 5.29. The molecule has 24 heavy (non-hydrogen) atoms. The van der Waals surface area contributed by atoms with Gasteiger partial charge in [-0.15, -0.1) is 5.10 Å². The molecule has 0 unspecified atom stereocenters. The zero-order chi connectivity index (χ0) is 17.3. The number of carbonyl (C=O) groups excluding carboxylic acids is 1. The molecule has 1 aliphatic heterocycles. The summed E-state index contributed by atoms with van der Waals surface area (Å²) in [5.74, 6) is -1.10. The lowest BCUT2D eigenvalue weighted by Gasteiger charge is -2.35. The quantitative estimate of drug-likeness (QED) is 0.820. The topological polar surface area (TPSA) is 126 Å².